The van der Waals surface area contributed by atoms with Gasteiger partial charge in [0.05, 0.1) is 12.2 Å². The summed E-state index contributed by atoms with van der Waals surface area (Å²) in [4.78, 5) is 10.7. The Bertz CT molecular complexity index is 750. The van der Waals surface area contributed by atoms with Crippen LogP contribution in [-0.2, 0) is 14.1 Å². The van der Waals surface area contributed by atoms with Gasteiger partial charge in [-0.25, -0.2) is 0 Å². The predicted molar refractivity (Wildman–Crippen MR) is 128 cm³/mol. The minimum atomic E-state index is -0.747. The van der Waals surface area contributed by atoms with Gasteiger partial charge < -0.3 is 19.5 Å². The van der Waals surface area contributed by atoms with Crippen LogP contribution >= 0.6 is 0 Å². The molecule has 1 aliphatic heterocycles. The monoisotopic (exact) mass is 440 g/mol. The molecule has 2 N–H and O–H groups in total. The number of benzene rings is 1. The van der Waals surface area contributed by atoms with E-state index in [9.17, 15) is 9.90 Å². The summed E-state index contributed by atoms with van der Waals surface area (Å²) in [5.74, 6) is -0.273. The van der Waals surface area contributed by atoms with Crippen LogP contribution in [0.4, 0.5) is 0 Å². The Morgan fingerprint density at radius 3 is 2.69 bits per heavy atom. The lowest BCUT2D eigenvalue weighted by molar-refractivity contribution is -0.137. The average Bonchev–Trinajstić information content (AvgIpc) is 3.03. The predicted octanol–water partition coefficient (Wildman–Crippen LogP) is 4.50. The summed E-state index contributed by atoms with van der Waals surface area (Å²) in [7, 11) is -0.352. The number of aliphatic carboxylic acids is 1. The standard InChI is InChI=1S/C26H37BO5/c1-2-3-7-14-21(28)17-18-23-22(15-10-4-5-11-16-26(29)30)24-19-25(23)32-27(31-24)20-12-8-6-9-13-20/h4,6,8-10,12-13,17-18,21-25,28H,2-3,5,7,11,14-16,19H2,1H3,(H,29,30)/b10-4-,18-17+/t21-,22+,23+,24-,25+/m0/s1. The van der Waals surface area contributed by atoms with Crippen LogP contribution in [0.3, 0.4) is 0 Å². The van der Waals surface area contributed by atoms with E-state index in [0.717, 1.165) is 50.4 Å². The molecule has 1 heterocycles. The zero-order valence-corrected chi connectivity index (χ0v) is 19.1. The van der Waals surface area contributed by atoms with Crippen LogP contribution in [0.1, 0.15) is 64.7 Å². The smallest absolute Gasteiger partial charge is 0.481 e. The molecular weight excluding hydrogens is 403 g/mol. The van der Waals surface area contributed by atoms with E-state index >= 15 is 0 Å². The number of aliphatic hydroxyl groups is 1. The SMILES string of the molecule is CCCCC[C@H](O)/C=C/[C@@H]1[C@@H](C/C=C\CCCC(=O)O)[C@@H]2C[C@H]1OB(c1ccccc1)O2. The van der Waals surface area contributed by atoms with E-state index in [2.05, 4.69) is 25.2 Å². The van der Waals surface area contributed by atoms with Gasteiger partial charge in [-0.05, 0) is 43.5 Å². The van der Waals surface area contributed by atoms with Crippen molar-refractivity contribution in [2.24, 2.45) is 11.8 Å². The number of carbonyl (C=O) groups is 1. The highest BCUT2D eigenvalue weighted by Crippen LogP contribution is 2.43. The lowest BCUT2D eigenvalue weighted by atomic mass is 9.77. The largest absolute Gasteiger partial charge is 0.494 e. The molecule has 174 valence electrons. The number of hydrogen-bond acceptors (Lipinski definition) is 4. The molecule has 1 aromatic carbocycles. The maximum Gasteiger partial charge on any atom is 0.494 e. The van der Waals surface area contributed by atoms with Crippen molar-refractivity contribution in [1.82, 2.24) is 0 Å². The highest BCUT2D eigenvalue weighted by atomic mass is 16.6. The van der Waals surface area contributed by atoms with Gasteiger partial charge in [-0.2, -0.15) is 0 Å². The third-order valence-electron chi connectivity index (χ3n) is 6.53. The molecular formula is C26H37BO5. The lowest BCUT2D eigenvalue weighted by Gasteiger charge is -2.28. The van der Waals surface area contributed by atoms with Crippen molar-refractivity contribution < 1.29 is 24.3 Å². The number of rotatable bonds is 13. The molecule has 0 amide bonds. The van der Waals surface area contributed by atoms with Gasteiger partial charge in [-0.15, -0.1) is 0 Å². The van der Waals surface area contributed by atoms with Gasteiger partial charge in [0, 0.05) is 18.4 Å². The van der Waals surface area contributed by atoms with Gasteiger partial charge >= 0.3 is 13.1 Å². The second-order valence-electron chi connectivity index (χ2n) is 9.01. The van der Waals surface area contributed by atoms with Crippen LogP contribution < -0.4 is 5.46 Å². The van der Waals surface area contributed by atoms with E-state index in [1.165, 1.54) is 0 Å². The molecule has 2 fully saturated rings. The molecule has 2 bridgehead atoms. The molecule has 3 rings (SSSR count). The normalized spacial score (nSPS) is 26.2. The topological polar surface area (TPSA) is 76.0 Å². The van der Waals surface area contributed by atoms with Crippen molar-refractivity contribution in [1.29, 1.82) is 0 Å². The second-order valence-corrected chi connectivity index (χ2v) is 9.01. The van der Waals surface area contributed by atoms with Gasteiger partial charge in [0.25, 0.3) is 0 Å². The maximum atomic E-state index is 10.7. The Morgan fingerprint density at radius 1 is 1.16 bits per heavy atom. The Balaban J connectivity index is 1.65. The van der Waals surface area contributed by atoms with Gasteiger partial charge in [-0.3, -0.25) is 4.79 Å². The van der Waals surface area contributed by atoms with E-state index < -0.39 is 12.1 Å². The molecule has 0 spiro atoms. The molecule has 1 aromatic rings. The van der Waals surface area contributed by atoms with Crippen LogP contribution in [0, 0.1) is 11.8 Å². The molecule has 1 aliphatic carbocycles. The van der Waals surface area contributed by atoms with E-state index in [1.54, 1.807) is 0 Å². The summed E-state index contributed by atoms with van der Waals surface area (Å²) in [6.45, 7) is 2.17. The quantitative estimate of drug-likeness (QED) is 0.268. The van der Waals surface area contributed by atoms with Gasteiger partial charge in [0.15, 0.2) is 0 Å². The summed E-state index contributed by atoms with van der Waals surface area (Å²) in [6.07, 6.45) is 15.6. The molecule has 5 atom stereocenters. The van der Waals surface area contributed by atoms with Crippen molar-refractivity contribution >= 4 is 18.6 Å². The minimum Gasteiger partial charge on any atom is -0.481 e. The fraction of sp³-hybridized carbons (Fsp3) is 0.577. The van der Waals surface area contributed by atoms with Gasteiger partial charge in [0.1, 0.15) is 0 Å². The summed E-state index contributed by atoms with van der Waals surface area (Å²) in [5, 5.41) is 19.2. The Labute approximate surface area is 192 Å². The molecule has 32 heavy (non-hydrogen) atoms. The van der Waals surface area contributed by atoms with Gasteiger partial charge in [-0.1, -0.05) is 80.8 Å². The lowest BCUT2D eigenvalue weighted by Crippen LogP contribution is -2.45. The fourth-order valence-electron chi connectivity index (χ4n) is 4.78. The highest BCUT2D eigenvalue weighted by Gasteiger charge is 2.49. The Morgan fingerprint density at radius 2 is 1.94 bits per heavy atom. The van der Waals surface area contributed by atoms with Crippen LogP contribution in [0.25, 0.3) is 0 Å². The fourth-order valence-corrected chi connectivity index (χ4v) is 4.78. The Kier molecular flexibility index (Phi) is 10.0. The van der Waals surface area contributed by atoms with Crippen LogP contribution in [0.2, 0.25) is 0 Å². The number of fused-ring (bicyclic) bond motifs is 2. The van der Waals surface area contributed by atoms with E-state index in [-0.39, 0.29) is 37.6 Å². The molecule has 2 aliphatic rings. The van der Waals surface area contributed by atoms with Crippen LogP contribution in [-0.4, -0.2) is 41.6 Å². The van der Waals surface area contributed by atoms with E-state index in [4.69, 9.17) is 14.4 Å². The summed E-state index contributed by atoms with van der Waals surface area (Å²) in [6, 6.07) is 10.1. The summed E-state index contributed by atoms with van der Waals surface area (Å²) in [5.41, 5.74) is 1.04. The molecule has 0 radical (unpaired) electrons. The summed E-state index contributed by atoms with van der Waals surface area (Å²) < 4.78 is 12.7. The minimum absolute atomic E-state index is 0.0726. The molecule has 5 nitrogen and oxygen atoms in total. The maximum absolute atomic E-state index is 10.7. The van der Waals surface area contributed by atoms with Crippen LogP contribution in [0.15, 0.2) is 54.6 Å². The zero-order valence-electron chi connectivity index (χ0n) is 19.1. The van der Waals surface area contributed by atoms with Gasteiger partial charge in [0.2, 0.25) is 0 Å². The zero-order chi connectivity index (χ0) is 22.8. The number of hydrogen-bond donors (Lipinski definition) is 2. The molecule has 0 unspecified atom stereocenters. The number of aliphatic hydroxyl groups excluding tert-OH is 1. The van der Waals surface area contributed by atoms with Crippen molar-refractivity contribution in [3.8, 4) is 0 Å². The highest BCUT2D eigenvalue weighted by molar-refractivity contribution is 6.61. The summed E-state index contributed by atoms with van der Waals surface area (Å²) >= 11 is 0. The second kappa shape index (κ2) is 13.0. The average molecular weight is 440 g/mol. The number of unbranched alkanes of at least 4 members (excludes halogenated alkanes) is 3. The first-order valence-electron chi connectivity index (χ1n) is 12.2. The molecule has 1 saturated heterocycles. The van der Waals surface area contributed by atoms with E-state index in [1.807, 2.05) is 36.4 Å². The number of allylic oxidation sites excluding steroid dienone is 2. The molecule has 6 heteroatoms. The van der Waals surface area contributed by atoms with E-state index in [0.29, 0.717) is 6.42 Å². The first-order chi connectivity index (χ1) is 15.6. The van der Waals surface area contributed by atoms with Crippen molar-refractivity contribution in [3.63, 3.8) is 0 Å². The Hall–Kier alpha value is -1.89. The van der Waals surface area contributed by atoms with Crippen molar-refractivity contribution in [2.75, 3.05) is 0 Å². The van der Waals surface area contributed by atoms with Crippen molar-refractivity contribution in [3.05, 3.63) is 54.6 Å². The van der Waals surface area contributed by atoms with Crippen molar-refractivity contribution in [2.45, 2.75) is 83.0 Å². The molecule has 1 saturated carbocycles. The first-order valence-corrected chi connectivity index (χ1v) is 12.2. The third-order valence-corrected chi connectivity index (χ3v) is 6.53. The number of carboxylic acids is 1. The molecule has 0 aromatic heterocycles. The third kappa shape index (κ3) is 7.33. The number of carboxylic acid groups (broad SMARTS) is 1. The first kappa shape index (κ1) is 24.8. The van der Waals surface area contributed by atoms with Crippen LogP contribution in [0.5, 0.6) is 0 Å².